The normalized spacial score (nSPS) is 11.6. The van der Waals surface area contributed by atoms with E-state index in [1.165, 1.54) is 0 Å². The summed E-state index contributed by atoms with van der Waals surface area (Å²) in [6.45, 7) is 2.84. The predicted octanol–water partition coefficient (Wildman–Crippen LogP) is 3.36. The minimum Gasteiger partial charge on any atom is -0.497 e. The molecular formula is C22H22N2O5. The number of hydrogen-bond donors (Lipinski definition) is 1. The summed E-state index contributed by atoms with van der Waals surface area (Å²) in [5.41, 5.74) is 2.45. The lowest BCUT2D eigenvalue weighted by molar-refractivity contribution is -0.124. The second kappa shape index (κ2) is 9.05. The zero-order valence-corrected chi connectivity index (χ0v) is 16.5. The zero-order valence-electron chi connectivity index (χ0n) is 16.5. The summed E-state index contributed by atoms with van der Waals surface area (Å²) in [4.78, 5) is 24.7. The van der Waals surface area contributed by atoms with Gasteiger partial charge in [0.05, 0.1) is 18.8 Å². The third-order valence-electron chi connectivity index (χ3n) is 4.46. The maximum absolute atomic E-state index is 12.5. The minimum absolute atomic E-state index is 0.243. The van der Waals surface area contributed by atoms with E-state index in [4.69, 9.17) is 14.0 Å². The van der Waals surface area contributed by atoms with E-state index in [0.717, 1.165) is 16.9 Å². The van der Waals surface area contributed by atoms with Crippen molar-refractivity contribution < 1.29 is 23.6 Å². The first kappa shape index (κ1) is 20.1. The van der Waals surface area contributed by atoms with Crippen LogP contribution in [0.5, 0.6) is 5.75 Å². The van der Waals surface area contributed by atoms with Crippen molar-refractivity contribution in [2.45, 2.75) is 19.9 Å². The molecule has 0 unspecified atom stereocenters. The fourth-order valence-electron chi connectivity index (χ4n) is 2.98. The van der Waals surface area contributed by atoms with E-state index in [1.807, 2.05) is 54.6 Å². The van der Waals surface area contributed by atoms with Crippen molar-refractivity contribution in [1.82, 2.24) is 10.5 Å². The lowest BCUT2D eigenvalue weighted by Crippen LogP contribution is -2.33. The molecule has 0 fully saturated rings. The van der Waals surface area contributed by atoms with Gasteiger partial charge in [-0.2, -0.15) is 0 Å². The number of aryl methyl sites for hydroxylation is 2. The number of hydrogen-bond acceptors (Lipinski definition) is 6. The van der Waals surface area contributed by atoms with E-state index in [9.17, 15) is 9.59 Å². The lowest BCUT2D eigenvalue weighted by Gasteiger charge is -2.20. The predicted molar refractivity (Wildman–Crippen MR) is 106 cm³/mol. The molecule has 3 aromatic rings. The summed E-state index contributed by atoms with van der Waals surface area (Å²) in [7, 11) is 1.60. The van der Waals surface area contributed by atoms with Gasteiger partial charge in [-0.15, -0.1) is 0 Å². The Hall–Kier alpha value is -3.61. The summed E-state index contributed by atoms with van der Waals surface area (Å²) >= 11 is 0. The smallest absolute Gasteiger partial charge is 0.344 e. The van der Waals surface area contributed by atoms with Crippen LogP contribution in [0.4, 0.5) is 0 Å². The van der Waals surface area contributed by atoms with Crippen LogP contribution in [0.1, 0.15) is 39.0 Å². The Bertz CT molecular complexity index is 961. The van der Waals surface area contributed by atoms with Crippen molar-refractivity contribution >= 4 is 11.9 Å². The van der Waals surface area contributed by atoms with Crippen LogP contribution in [0.25, 0.3) is 0 Å². The molecule has 0 aliphatic rings. The van der Waals surface area contributed by atoms with E-state index >= 15 is 0 Å². The zero-order chi connectivity index (χ0) is 20.8. The molecular weight excluding hydrogens is 372 g/mol. The second-order valence-electron chi connectivity index (χ2n) is 6.46. The number of amides is 1. The summed E-state index contributed by atoms with van der Waals surface area (Å²) in [5.74, 6) is 0.0143. The number of methoxy groups -OCH3 is 1. The second-order valence-corrected chi connectivity index (χ2v) is 6.46. The maximum Gasteiger partial charge on any atom is 0.344 e. The summed E-state index contributed by atoms with van der Waals surface area (Å²) in [5, 5.41) is 6.64. The molecule has 0 radical (unpaired) electrons. The SMILES string of the molecule is COc1ccc([C@H](NC(=O)COC(=O)c2c(C)noc2C)c2ccccc2)cc1. The summed E-state index contributed by atoms with van der Waals surface area (Å²) in [6.07, 6.45) is 0. The van der Waals surface area contributed by atoms with Crippen LogP contribution in [0.2, 0.25) is 0 Å². The Labute approximate surface area is 168 Å². The number of carbonyl (C=O) groups is 2. The third kappa shape index (κ3) is 4.82. The van der Waals surface area contributed by atoms with E-state index in [1.54, 1.807) is 21.0 Å². The van der Waals surface area contributed by atoms with Gasteiger partial charge in [-0.05, 0) is 37.1 Å². The molecule has 1 amide bonds. The fourth-order valence-corrected chi connectivity index (χ4v) is 2.98. The molecule has 3 rings (SSSR count). The van der Waals surface area contributed by atoms with Crippen LogP contribution in [0, 0.1) is 13.8 Å². The number of rotatable bonds is 7. The molecule has 0 aliphatic heterocycles. The summed E-state index contributed by atoms with van der Waals surface area (Å²) < 4.78 is 15.3. The van der Waals surface area contributed by atoms with Crippen molar-refractivity contribution in [3.05, 3.63) is 82.7 Å². The Kier molecular flexibility index (Phi) is 6.29. The number of nitrogens with zero attached hydrogens (tertiary/aromatic N) is 1. The molecule has 0 spiro atoms. The van der Waals surface area contributed by atoms with Crippen molar-refractivity contribution in [1.29, 1.82) is 0 Å². The molecule has 150 valence electrons. The molecule has 0 bridgehead atoms. The number of esters is 1. The van der Waals surface area contributed by atoms with Crippen LogP contribution in [-0.2, 0) is 9.53 Å². The van der Waals surface area contributed by atoms with Gasteiger partial charge in [0.15, 0.2) is 6.61 Å². The van der Waals surface area contributed by atoms with E-state index in [0.29, 0.717) is 11.5 Å². The van der Waals surface area contributed by atoms with Gasteiger partial charge in [0.1, 0.15) is 17.1 Å². The first-order valence-corrected chi connectivity index (χ1v) is 9.08. The van der Waals surface area contributed by atoms with Gasteiger partial charge in [-0.3, -0.25) is 4.79 Å². The first-order valence-electron chi connectivity index (χ1n) is 9.08. The van der Waals surface area contributed by atoms with Crippen LogP contribution >= 0.6 is 0 Å². The van der Waals surface area contributed by atoms with Gasteiger partial charge < -0.3 is 19.3 Å². The van der Waals surface area contributed by atoms with Crippen LogP contribution in [0.3, 0.4) is 0 Å². The fraction of sp³-hybridized carbons (Fsp3) is 0.227. The molecule has 7 nitrogen and oxygen atoms in total. The molecule has 2 aromatic carbocycles. The van der Waals surface area contributed by atoms with Crippen LogP contribution in [0.15, 0.2) is 59.1 Å². The Balaban J connectivity index is 1.72. The highest BCUT2D eigenvalue weighted by molar-refractivity contribution is 5.93. The van der Waals surface area contributed by atoms with E-state index < -0.39 is 24.5 Å². The van der Waals surface area contributed by atoms with Crippen molar-refractivity contribution in [3.8, 4) is 5.75 Å². The molecule has 1 heterocycles. The van der Waals surface area contributed by atoms with E-state index in [-0.39, 0.29) is 5.56 Å². The van der Waals surface area contributed by atoms with Crippen molar-refractivity contribution in [3.63, 3.8) is 0 Å². The lowest BCUT2D eigenvalue weighted by atomic mass is 9.98. The maximum atomic E-state index is 12.5. The summed E-state index contributed by atoms with van der Waals surface area (Å²) in [6, 6.07) is 16.6. The molecule has 0 aliphatic carbocycles. The molecule has 0 saturated heterocycles. The van der Waals surface area contributed by atoms with Crippen molar-refractivity contribution in [2.75, 3.05) is 13.7 Å². The largest absolute Gasteiger partial charge is 0.497 e. The van der Waals surface area contributed by atoms with Gasteiger partial charge >= 0.3 is 5.97 Å². The van der Waals surface area contributed by atoms with Gasteiger partial charge in [0, 0.05) is 0 Å². The molecule has 0 saturated carbocycles. The number of nitrogens with one attached hydrogen (secondary N) is 1. The number of benzene rings is 2. The molecule has 1 aromatic heterocycles. The Morgan fingerprint density at radius 3 is 2.28 bits per heavy atom. The first-order chi connectivity index (χ1) is 14.0. The van der Waals surface area contributed by atoms with Gasteiger partial charge in [0.25, 0.3) is 5.91 Å². The van der Waals surface area contributed by atoms with Gasteiger partial charge in [0.2, 0.25) is 0 Å². The Morgan fingerprint density at radius 1 is 1.03 bits per heavy atom. The molecule has 29 heavy (non-hydrogen) atoms. The average molecular weight is 394 g/mol. The molecule has 1 N–H and O–H groups in total. The third-order valence-corrected chi connectivity index (χ3v) is 4.46. The minimum atomic E-state index is -0.642. The quantitative estimate of drug-likeness (QED) is 0.618. The monoisotopic (exact) mass is 394 g/mol. The Morgan fingerprint density at radius 2 is 1.69 bits per heavy atom. The average Bonchev–Trinajstić information content (AvgIpc) is 3.09. The highest BCUT2D eigenvalue weighted by Gasteiger charge is 2.22. The van der Waals surface area contributed by atoms with Gasteiger partial charge in [-0.1, -0.05) is 47.6 Å². The number of ether oxygens (including phenoxy) is 2. The van der Waals surface area contributed by atoms with Crippen LogP contribution < -0.4 is 10.1 Å². The standard InChI is InChI=1S/C22H22N2O5/c1-14-20(15(2)29-24-14)22(26)28-13-19(25)23-21(16-7-5-4-6-8-16)17-9-11-18(27-3)12-10-17/h4-12,21H,13H2,1-3H3,(H,23,25)/t21-/m1/s1. The molecule has 7 heteroatoms. The number of aromatic nitrogens is 1. The van der Waals surface area contributed by atoms with Crippen LogP contribution in [-0.4, -0.2) is 30.7 Å². The van der Waals surface area contributed by atoms with Gasteiger partial charge in [-0.25, -0.2) is 4.79 Å². The highest BCUT2D eigenvalue weighted by Crippen LogP contribution is 2.24. The molecule has 1 atom stereocenters. The van der Waals surface area contributed by atoms with E-state index in [2.05, 4.69) is 10.5 Å². The number of carbonyl (C=O) groups excluding carboxylic acids is 2. The topological polar surface area (TPSA) is 90.7 Å². The highest BCUT2D eigenvalue weighted by atomic mass is 16.5. The van der Waals surface area contributed by atoms with Crippen molar-refractivity contribution in [2.24, 2.45) is 0 Å².